The average Bonchev–Trinajstić information content (AvgIpc) is 3.49. The third-order valence-corrected chi connectivity index (χ3v) is 6.66. The summed E-state index contributed by atoms with van der Waals surface area (Å²) in [6, 6.07) is 5.83. The lowest BCUT2D eigenvalue weighted by atomic mass is 9.68. The van der Waals surface area contributed by atoms with E-state index in [2.05, 4.69) is 15.3 Å². The maximum Gasteiger partial charge on any atom is 0.419 e. The minimum Gasteiger partial charge on any atom is -0.493 e. The van der Waals surface area contributed by atoms with Crippen molar-refractivity contribution in [1.82, 2.24) is 9.97 Å². The van der Waals surface area contributed by atoms with Crippen LogP contribution in [0.25, 0.3) is 10.9 Å². The minimum atomic E-state index is -4.92. The Morgan fingerprint density at radius 1 is 1.19 bits per heavy atom. The Hall–Kier alpha value is -2.94. The lowest BCUT2D eigenvalue weighted by Gasteiger charge is -2.46. The molecule has 0 amide bonds. The molecule has 0 saturated heterocycles. The first-order valence-corrected chi connectivity index (χ1v) is 10.2. The van der Waals surface area contributed by atoms with Gasteiger partial charge in [-0.3, -0.25) is 0 Å². The molecule has 1 spiro atoms. The number of hydrogen-bond acceptors (Lipinski definition) is 5. The number of nitrogens with zero attached hydrogens (tertiary/aromatic N) is 2. The molecule has 2 aromatic carbocycles. The monoisotopic (exact) mass is 447 g/mol. The fourth-order valence-corrected chi connectivity index (χ4v) is 4.99. The Balaban J connectivity index is 1.73. The first kappa shape index (κ1) is 20.9. The van der Waals surface area contributed by atoms with Crippen LogP contribution in [0.2, 0.25) is 0 Å². The molecular formula is C23H21F4N3O2. The van der Waals surface area contributed by atoms with Gasteiger partial charge in [0, 0.05) is 28.2 Å². The number of benzene rings is 2. The second kappa shape index (κ2) is 6.78. The van der Waals surface area contributed by atoms with Gasteiger partial charge >= 0.3 is 6.18 Å². The molecule has 5 rings (SSSR count). The maximum absolute atomic E-state index is 14.5. The highest BCUT2D eigenvalue weighted by Gasteiger charge is 2.68. The summed E-state index contributed by atoms with van der Waals surface area (Å²) >= 11 is 0. The van der Waals surface area contributed by atoms with Crippen LogP contribution in [0.5, 0.6) is 5.75 Å². The van der Waals surface area contributed by atoms with E-state index in [0.29, 0.717) is 40.8 Å². The molecule has 3 aromatic rings. The molecule has 2 atom stereocenters. The highest BCUT2D eigenvalue weighted by molar-refractivity contribution is 5.91. The molecule has 32 heavy (non-hydrogen) atoms. The van der Waals surface area contributed by atoms with Crippen molar-refractivity contribution in [3.8, 4) is 5.75 Å². The van der Waals surface area contributed by atoms with Gasteiger partial charge in [-0.15, -0.1) is 0 Å². The second-order valence-corrected chi connectivity index (χ2v) is 8.66. The number of fused-ring (bicyclic) bond motifs is 3. The Morgan fingerprint density at radius 3 is 2.59 bits per heavy atom. The van der Waals surface area contributed by atoms with Crippen LogP contribution in [0.4, 0.5) is 23.2 Å². The summed E-state index contributed by atoms with van der Waals surface area (Å²) in [5.41, 5.74) is -2.55. The number of rotatable bonds is 3. The van der Waals surface area contributed by atoms with E-state index in [1.807, 2.05) is 0 Å². The number of halogens is 4. The van der Waals surface area contributed by atoms with E-state index in [0.717, 1.165) is 6.07 Å². The van der Waals surface area contributed by atoms with Crippen LogP contribution in [0.15, 0.2) is 36.5 Å². The number of aliphatic hydroxyl groups is 1. The summed E-state index contributed by atoms with van der Waals surface area (Å²) in [5.74, 6) is -0.170. The summed E-state index contributed by atoms with van der Waals surface area (Å²) in [6.45, 7) is 1.72. The van der Waals surface area contributed by atoms with Crippen molar-refractivity contribution in [2.75, 3.05) is 12.4 Å². The molecule has 9 heteroatoms. The van der Waals surface area contributed by atoms with Crippen LogP contribution in [-0.2, 0) is 5.41 Å². The SMILES string of the molecule is COc1c(F)ccc2c1C1(CC1)C[C@@](O)(C(F)(F)F)[C@H]2Nc1cccc2nc(C)ncc12. The summed E-state index contributed by atoms with van der Waals surface area (Å²) in [6.07, 6.45) is -3.12. The van der Waals surface area contributed by atoms with E-state index in [1.165, 1.54) is 19.4 Å². The van der Waals surface area contributed by atoms with Crippen molar-refractivity contribution in [3.05, 3.63) is 59.3 Å². The fraction of sp³-hybridized carbons (Fsp3) is 0.391. The quantitative estimate of drug-likeness (QED) is 0.555. The van der Waals surface area contributed by atoms with Crippen molar-refractivity contribution in [3.63, 3.8) is 0 Å². The topological polar surface area (TPSA) is 67.3 Å². The van der Waals surface area contributed by atoms with Gasteiger partial charge in [0.1, 0.15) is 5.82 Å². The third kappa shape index (κ3) is 2.94. The number of nitrogens with one attached hydrogen (secondary N) is 1. The first-order chi connectivity index (χ1) is 15.1. The molecule has 1 saturated carbocycles. The van der Waals surface area contributed by atoms with Crippen molar-refractivity contribution in [2.45, 2.75) is 49.4 Å². The van der Waals surface area contributed by atoms with Gasteiger partial charge in [0.05, 0.1) is 18.7 Å². The summed E-state index contributed by atoms with van der Waals surface area (Å²) in [5, 5.41) is 14.6. The molecule has 0 bridgehead atoms. The number of anilines is 1. The zero-order valence-electron chi connectivity index (χ0n) is 17.4. The van der Waals surface area contributed by atoms with Crippen LogP contribution in [0, 0.1) is 12.7 Å². The fourth-order valence-electron chi connectivity index (χ4n) is 4.99. The molecule has 1 fully saturated rings. The van der Waals surface area contributed by atoms with Gasteiger partial charge in [0.2, 0.25) is 0 Å². The van der Waals surface area contributed by atoms with Gasteiger partial charge in [0.25, 0.3) is 0 Å². The number of hydrogen-bond donors (Lipinski definition) is 2. The molecule has 2 aliphatic rings. The molecule has 0 aliphatic heterocycles. The maximum atomic E-state index is 14.5. The summed E-state index contributed by atoms with van der Waals surface area (Å²) in [7, 11) is 1.30. The van der Waals surface area contributed by atoms with Gasteiger partial charge in [0.15, 0.2) is 17.2 Å². The lowest BCUT2D eigenvalue weighted by molar-refractivity contribution is -0.274. The molecule has 0 radical (unpaired) electrons. The van der Waals surface area contributed by atoms with Gasteiger partial charge < -0.3 is 15.2 Å². The minimum absolute atomic E-state index is 0.0621. The Morgan fingerprint density at radius 2 is 1.94 bits per heavy atom. The zero-order valence-corrected chi connectivity index (χ0v) is 17.4. The predicted molar refractivity (Wildman–Crippen MR) is 110 cm³/mol. The molecule has 0 unspecified atom stereocenters. The van der Waals surface area contributed by atoms with Crippen molar-refractivity contribution >= 4 is 16.6 Å². The number of ether oxygens (including phenoxy) is 1. The highest BCUT2D eigenvalue weighted by atomic mass is 19.4. The van der Waals surface area contributed by atoms with E-state index in [-0.39, 0.29) is 11.3 Å². The average molecular weight is 447 g/mol. The second-order valence-electron chi connectivity index (χ2n) is 8.66. The molecule has 2 N–H and O–H groups in total. The summed E-state index contributed by atoms with van der Waals surface area (Å²) < 4.78 is 62.9. The Labute approximate surface area is 181 Å². The van der Waals surface area contributed by atoms with E-state index < -0.39 is 35.5 Å². The van der Waals surface area contributed by atoms with E-state index in [4.69, 9.17) is 4.74 Å². The largest absolute Gasteiger partial charge is 0.493 e. The van der Waals surface area contributed by atoms with Crippen LogP contribution < -0.4 is 10.1 Å². The van der Waals surface area contributed by atoms with Crippen LogP contribution in [-0.4, -0.2) is 34.0 Å². The van der Waals surface area contributed by atoms with Gasteiger partial charge in [-0.2, -0.15) is 13.2 Å². The number of alkyl halides is 3. The third-order valence-electron chi connectivity index (χ3n) is 6.66. The van der Waals surface area contributed by atoms with Gasteiger partial charge in [-0.05, 0) is 49.9 Å². The molecule has 1 aromatic heterocycles. The number of aryl methyl sites for hydroxylation is 1. The smallest absolute Gasteiger partial charge is 0.419 e. The van der Waals surface area contributed by atoms with Crippen molar-refractivity contribution in [1.29, 1.82) is 0 Å². The van der Waals surface area contributed by atoms with Crippen LogP contribution in [0.3, 0.4) is 0 Å². The summed E-state index contributed by atoms with van der Waals surface area (Å²) in [4.78, 5) is 8.48. The van der Waals surface area contributed by atoms with Gasteiger partial charge in [-0.1, -0.05) is 12.1 Å². The molecule has 5 nitrogen and oxygen atoms in total. The highest BCUT2D eigenvalue weighted by Crippen LogP contribution is 2.65. The zero-order chi connectivity index (χ0) is 22.9. The van der Waals surface area contributed by atoms with Crippen LogP contribution in [0.1, 0.15) is 42.3 Å². The molecule has 1 heterocycles. The number of methoxy groups -OCH3 is 1. The molecular weight excluding hydrogens is 426 g/mol. The van der Waals surface area contributed by atoms with E-state index >= 15 is 0 Å². The lowest BCUT2D eigenvalue weighted by Crippen LogP contribution is -2.57. The number of aromatic nitrogens is 2. The van der Waals surface area contributed by atoms with Crippen LogP contribution >= 0.6 is 0 Å². The van der Waals surface area contributed by atoms with Gasteiger partial charge in [-0.25, -0.2) is 14.4 Å². The molecule has 2 aliphatic carbocycles. The Kier molecular flexibility index (Phi) is 4.43. The first-order valence-electron chi connectivity index (χ1n) is 10.2. The predicted octanol–water partition coefficient (Wildman–Crippen LogP) is 4.97. The molecule has 168 valence electrons. The Bertz CT molecular complexity index is 1230. The van der Waals surface area contributed by atoms with E-state index in [1.54, 1.807) is 25.1 Å². The van der Waals surface area contributed by atoms with Crippen molar-refractivity contribution < 1.29 is 27.4 Å². The standard InChI is InChI=1S/C23H21F4N3O2/c1-12-28-10-14-16(29-12)4-3-5-17(14)30-20-13-6-7-15(24)19(32-2)18(13)21(8-9-21)11-22(20,31)23(25,26)27/h3-7,10,20,30-31H,8-9,11H2,1-2H3/t20-,22-/m0/s1. The van der Waals surface area contributed by atoms with E-state index in [9.17, 15) is 22.7 Å². The normalized spacial score (nSPS) is 23.8. The van der Waals surface area contributed by atoms with Crippen molar-refractivity contribution in [2.24, 2.45) is 0 Å².